The van der Waals surface area contributed by atoms with Crippen LogP contribution in [-0.2, 0) is 0 Å². The molecule has 0 bridgehead atoms. The van der Waals surface area contributed by atoms with Gasteiger partial charge in [0.05, 0.1) is 7.11 Å². The molecule has 0 atom stereocenters. The van der Waals surface area contributed by atoms with E-state index in [2.05, 4.69) is 51.1 Å². The van der Waals surface area contributed by atoms with Crippen molar-refractivity contribution < 1.29 is 9.53 Å². The quantitative estimate of drug-likeness (QED) is 0.459. The number of unbranched alkanes of at least 4 members (excludes halogenated alkanes) is 2. The van der Waals surface area contributed by atoms with Crippen LogP contribution in [0.25, 0.3) is 6.08 Å². The van der Waals surface area contributed by atoms with Crippen LogP contribution >= 0.6 is 0 Å². The molecule has 2 rings (SSSR count). The third kappa shape index (κ3) is 6.56. The summed E-state index contributed by atoms with van der Waals surface area (Å²) in [6.07, 6.45) is 6.81. The second-order valence-electron chi connectivity index (χ2n) is 7.43. The van der Waals surface area contributed by atoms with Crippen LogP contribution in [0.5, 0.6) is 5.75 Å². The SMILES string of the molecule is CCCCCC(=Cc1ccccc1)CN(C(=O)c1ccc(OC)cc1)C(C)C. The van der Waals surface area contributed by atoms with Crippen molar-refractivity contribution in [3.63, 3.8) is 0 Å². The van der Waals surface area contributed by atoms with Crippen molar-refractivity contribution in [3.05, 3.63) is 71.3 Å². The Morgan fingerprint density at radius 1 is 1.04 bits per heavy atom. The highest BCUT2D eigenvalue weighted by atomic mass is 16.5. The highest BCUT2D eigenvalue weighted by molar-refractivity contribution is 5.94. The molecule has 0 N–H and O–H groups in total. The highest BCUT2D eigenvalue weighted by Crippen LogP contribution is 2.20. The number of benzene rings is 2. The average molecular weight is 380 g/mol. The van der Waals surface area contributed by atoms with E-state index < -0.39 is 0 Å². The largest absolute Gasteiger partial charge is 0.497 e. The van der Waals surface area contributed by atoms with Crippen molar-refractivity contribution in [3.8, 4) is 5.75 Å². The first kappa shape index (κ1) is 21.7. The van der Waals surface area contributed by atoms with E-state index >= 15 is 0 Å². The molecular weight excluding hydrogens is 346 g/mol. The maximum atomic E-state index is 13.2. The van der Waals surface area contributed by atoms with Gasteiger partial charge in [-0.05, 0) is 56.5 Å². The molecule has 150 valence electrons. The minimum atomic E-state index is 0.0621. The lowest BCUT2D eigenvalue weighted by molar-refractivity contribution is 0.0722. The molecule has 2 aromatic carbocycles. The second-order valence-corrected chi connectivity index (χ2v) is 7.43. The molecule has 0 heterocycles. The first-order valence-corrected chi connectivity index (χ1v) is 10.2. The fraction of sp³-hybridized carbons (Fsp3) is 0.400. The van der Waals surface area contributed by atoms with Crippen LogP contribution in [0.2, 0.25) is 0 Å². The van der Waals surface area contributed by atoms with Crippen LogP contribution in [0.1, 0.15) is 62.4 Å². The molecule has 0 radical (unpaired) electrons. The van der Waals surface area contributed by atoms with E-state index in [1.165, 1.54) is 24.0 Å². The normalized spacial score (nSPS) is 11.5. The molecule has 28 heavy (non-hydrogen) atoms. The molecule has 0 saturated heterocycles. The van der Waals surface area contributed by atoms with Crippen LogP contribution in [0.4, 0.5) is 0 Å². The molecule has 0 fully saturated rings. The van der Waals surface area contributed by atoms with E-state index in [4.69, 9.17) is 4.74 Å². The van der Waals surface area contributed by atoms with E-state index in [1.54, 1.807) is 7.11 Å². The fourth-order valence-corrected chi connectivity index (χ4v) is 3.19. The zero-order chi connectivity index (χ0) is 20.4. The summed E-state index contributed by atoms with van der Waals surface area (Å²) >= 11 is 0. The Balaban J connectivity index is 2.22. The van der Waals surface area contributed by atoms with E-state index in [-0.39, 0.29) is 11.9 Å². The molecule has 2 aromatic rings. The summed E-state index contributed by atoms with van der Waals surface area (Å²) in [6, 6.07) is 17.9. The molecule has 0 aliphatic carbocycles. The van der Waals surface area contributed by atoms with Crippen molar-refractivity contribution >= 4 is 12.0 Å². The standard InChI is InChI=1S/C25H33NO2/c1-5-6-8-13-22(18-21-11-9-7-10-12-21)19-26(20(2)3)25(27)23-14-16-24(28-4)17-15-23/h7,9-12,14-18,20H,5-6,8,13,19H2,1-4H3. The topological polar surface area (TPSA) is 29.5 Å². The van der Waals surface area contributed by atoms with Gasteiger partial charge in [-0.15, -0.1) is 0 Å². The number of hydrogen-bond acceptors (Lipinski definition) is 2. The lowest BCUT2D eigenvalue weighted by Crippen LogP contribution is -2.38. The number of methoxy groups -OCH3 is 1. The summed E-state index contributed by atoms with van der Waals surface area (Å²) in [7, 11) is 1.63. The van der Waals surface area contributed by atoms with Crippen LogP contribution in [0.15, 0.2) is 60.2 Å². The van der Waals surface area contributed by atoms with Gasteiger partial charge in [-0.2, -0.15) is 0 Å². The van der Waals surface area contributed by atoms with Crippen molar-refractivity contribution in [1.29, 1.82) is 0 Å². The molecule has 0 spiro atoms. The van der Waals surface area contributed by atoms with Crippen LogP contribution in [0, 0.1) is 0 Å². The van der Waals surface area contributed by atoms with Gasteiger partial charge in [0.1, 0.15) is 5.75 Å². The minimum Gasteiger partial charge on any atom is -0.497 e. The molecule has 0 aliphatic rings. The van der Waals surface area contributed by atoms with Gasteiger partial charge in [0, 0.05) is 18.2 Å². The van der Waals surface area contributed by atoms with E-state index in [9.17, 15) is 4.79 Å². The zero-order valence-corrected chi connectivity index (χ0v) is 17.7. The summed E-state index contributed by atoms with van der Waals surface area (Å²) in [4.78, 5) is 15.1. The smallest absolute Gasteiger partial charge is 0.254 e. The number of carbonyl (C=O) groups excluding carboxylic acids is 1. The molecule has 3 nitrogen and oxygen atoms in total. The molecule has 0 unspecified atom stereocenters. The Bertz CT molecular complexity index is 748. The van der Waals surface area contributed by atoms with Gasteiger partial charge in [-0.25, -0.2) is 0 Å². The van der Waals surface area contributed by atoms with Crippen molar-refractivity contribution in [1.82, 2.24) is 4.90 Å². The van der Waals surface area contributed by atoms with Crippen molar-refractivity contribution in [2.75, 3.05) is 13.7 Å². The number of rotatable bonds is 10. The van der Waals surface area contributed by atoms with Gasteiger partial charge in [-0.3, -0.25) is 4.79 Å². The van der Waals surface area contributed by atoms with E-state index in [0.29, 0.717) is 12.1 Å². The van der Waals surface area contributed by atoms with Crippen molar-refractivity contribution in [2.45, 2.75) is 52.5 Å². The summed E-state index contributed by atoms with van der Waals surface area (Å²) in [5, 5.41) is 0. The second kappa shape index (κ2) is 11.3. The van der Waals surface area contributed by atoms with E-state index in [0.717, 1.165) is 18.6 Å². The van der Waals surface area contributed by atoms with Gasteiger partial charge < -0.3 is 9.64 Å². The average Bonchev–Trinajstić information content (AvgIpc) is 2.72. The maximum absolute atomic E-state index is 13.2. The van der Waals surface area contributed by atoms with Gasteiger partial charge in [0.15, 0.2) is 0 Å². The number of nitrogens with zero attached hydrogens (tertiary/aromatic N) is 1. The van der Waals surface area contributed by atoms with Gasteiger partial charge >= 0.3 is 0 Å². The molecule has 0 aliphatic heterocycles. The molecule has 0 aromatic heterocycles. The van der Waals surface area contributed by atoms with Crippen molar-refractivity contribution in [2.24, 2.45) is 0 Å². The number of ether oxygens (including phenoxy) is 1. The van der Waals surface area contributed by atoms with Crippen LogP contribution in [-0.4, -0.2) is 30.5 Å². The molecular formula is C25H33NO2. The number of amides is 1. The Labute approximate surface area is 170 Å². The predicted molar refractivity (Wildman–Crippen MR) is 118 cm³/mol. The van der Waals surface area contributed by atoms with E-state index in [1.807, 2.05) is 35.2 Å². The molecule has 3 heteroatoms. The third-order valence-corrected chi connectivity index (χ3v) is 4.87. The van der Waals surface area contributed by atoms with Gasteiger partial charge in [0.2, 0.25) is 0 Å². The Morgan fingerprint density at radius 3 is 2.29 bits per heavy atom. The van der Waals surface area contributed by atoms with Gasteiger partial charge in [-0.1, -0.05) is 61.7 Å². The lowest BCUT2D eigenvalue weighted by atomic mass is 10.0. The Kier molecular flexibility index (Phi) is 8.80. The number of carbonyl (C=O) groups is 1. The first-order valence-electron chi connectivity index (χ1n) is 10.2. The zero-order valence-electron chi connectivity index (χ0n) is 17.7. The van der Waals surface area contributed by atoms with Crippen LogP contribution < -0.4 is 4.74 Å². The highest BCUT2D eigenvalue weighted by Gasteiger charge is 2.20. The number of hydrogen-bond donors (Lipinski definition) is 0. The lowest BCUT2D eigenvalue weighted by Gasteiger charge is -2.28. The fourth-order valence-electron chi connectivity index (χ4n) is 3.19. The monoisotopic (exact) mass is 379 g/mol. The third-order valence-electron chi connectivity index (χ3n) is 4.87. The summed E-state index contributed by atoms with van der Waals surface area (Å²) < 4.78 is 5.21. The molecule has 0 saturated carbocycles. The summed E-state index contributed by atoms with van der Waals surface area (Å²) in [6.45, 7) is 7.02. The first-order chi connectivity index (χ1) is 13.5. The summed E-state index contributed by atoms with van der Waals surface area (Å²) in [5.74, 6) is 0.823. The minimum absolute atomic E-state index is 0.0621. The Morgan fingerprint density at radius 2 is 1.71 bits per heavy atom. The van der Waals surface area contributed by atoms with Crippen LogP contribution in [0.3, 0.4) is 0 Å². The molecule has 1 amide bonds. The summed E-state index contributed by atoms with van der Waals surface area (Å²) in [5.41, 5.74) is 3.19. The Hall–Kier alpha value is -2.55. The van der Waals surface area contributed by atoms with Gasteiger partial charge in [0.25, 0.3) is 5.91 Å². The predicted octanol–water partition coefficient (Wildman–Crippen LogP) is 6.21. The maximum Gasteiger partial charge on any atom is 0.254 e.